The molecule has 0 atom stereocenters. The second kappa shape index (κ2) is 4.76. The molecule has 0 unspecified atom stereocenters. The molecule has 0 spiro atoms. The van der Waals surface area contributed by atoms with Crippen molar-refractivity contribution in [3.8, 4) is 5.75 Å². The number of aryl methyl sites for hydroxylation is 1. The Hall–Kier alpha value is -2.30. The van der Waals surface area contributed by atoms with Gasteiger partial charge in [-0.15, -0.1) is 0 Å². The Morgan fingerprint density at radius 3 is 2.58 bits per heavy atom. The van der Waals surface area contributed by atoms with Crippen LogP contribution in [0.4, 0.5) is 0 Å². The fraction of sp³-hybridized carbons (Fsp3) is 0.286. The van der Waals surface area contributed by atoms with Gasteiger partial charge >= 0.3 is 5.97 Å². The number of methoxy groups -OCH3 is 1. The second-order valence-corrected chi connectivity index (χ2v) is 4.49. The van der Waals surface area contributed by atoms with Crippen molar-refractivity contribution in [2.75, 3.05) is 21.2 Å². The van der Waals surface area contributed by atoms with Crippen LogP contribution >= 0.6 is 0 Å². The van der Waals surface area contributed by atoms with E-state index in [4.69, 9.17) is 4.74 Å². The van der Waals surface area contributed by atoms with Gasteiger partial charge in [-0.3, -0.25) is 4.79 Å². The van der Waals surface area contributed by atoms with Crippen LogP contribution in [0.25, 0.3) is 0 Å². The molecule has 1 aromatic rings. The van der Waals surface area contributed by atoms with Crippen LogP contribution in [0.3, 0.4) is 0 Å². The molecule has 1 heterocycles. The molecular formula is C14H15NO4. The van der Waals surface area contributed by atoms with Gasteiger partial charge in [-0.25, -0.2) is 4.79 Å². The number of hydrogen-bond acceptors (Lipinski definition) is 5. The number of hydrogen-bond donors (Lipinski definition) is 0. The van der Waals surface area contributed by atoms with E-state index in [-0.39, 0.29) is 17.2 Å². The van der Waals surface area contributed by atoms with Crippen molar-refractivity contribution in [1.29, 1.82) is 0 Å². The van der Waals surface area contributed by atoms with Crippen LogP contribution in [0.15, 0.2) is 29.7 Å². The van der Waals surface area contributed by atoms with E-state index < -0.39 is 5.97 Å². The molecule has 0 aliphatic carbocycles. The zero-order valence-corrected chi connectivity index (χ0v) is 11.3. The van der Waals surface area contributed by atoms with Crippen LogP contribution in [0.5, 0.6) is 5.75 Å². The largest absolute Gasteiger partial charge is 0.464 e. The lowest BCUT2D eigenvalue weighted by atomic mass is 10.1. The van der Waals surface area contributed by atoms with Crippen LogP contribution in [0, 0.1) is 6.92 Å². The molecule has 5 heteroatoms. The summed E-state index contributed by atoms with van der Waals surface area (Å²) in [7, 11) is 4.58. The summed E-state index contributed by atoms with van der Waals surface area (Å²) in [4.78, 5) is 25.5. The molecule has 1 aliphatic rings. The molecule has 1 aromatic carbocycles. The SMILES string of the molecule is COC(=O)C(=C1Oc2cc(C)ccc2C1=O)N(C)C. The van der Waals surface area contributed by atoms with Gasteiger partial charge in [0.2, 0.25) is 11.5 Å². The topological polar surface area (TPSA) is 55.8 Å². The summed E-state index contributed by atoms with van der Waals surface area (Å²) >= 11 is 0. The molecule has 0 amide bonds. The Morgan fingerprint density at radius 1 is 1.32 bits per heavy atom. The summed E-state index contributed by atoms with van der Waals surface area (Å²) in [6, 6.07) is 5.30. The Bertz CT molecular complexity index is 587. The fourth-order valence-electron chi connectivity index (χ4n) is 1.91. The first-order valence-corrected chi connectivity index (χ1v) is 5.78. The predicted molar refractivity (Wildman–Crippen MR) is 68.9 cm³/mol. The quantitative estimate of drug-likeness (QED) is 0.596. The second-order valence-electron chi connectivity index (χ2n) is 4.49. The summed E-state index contributed by atoms with van der Waals surface area (Å²) in [5.74, 6) is -0.414. The molecule has 0 radical (unpaired) electrons. The van der Waals surface area contributed by atoms with Crippen molar-refractivity contribution >= 4 is 11.8 Å². The van der Waals surface area contributed by atoms with Crippen molar-refractivity contribution in [2.24, 2.45) is 0 Å². The van der Waals surface area contributed by atoms with Crippen molar-refractivity contribution in [3.63, 3.8) is 0 Å². The minimum Gasteiger partial charge on any atom is -0.464 e. The molecule has 19 heavy (non-hydrogen) atoms. The zero-order valence-electron chi connectivity index (χ0n) is 11.3. The third-order valence-corrected chi connectivity index (χ3v) is 2.84. The van der Waals surface area contributed by atoms with Crippen LogP contribution in [-0.4, -0.2) is 37.9 Å². The summed E-state index contributed by atoms with van der Waals surface area (Å²) in [5.41, 5.74) is 1.56. The number of carbonyl (C=O) groups excluding carboxylic acids is 2. The highest BCUT2D eigenvalue weighted by molar-refractivity contribution is 6.15. The number of fused-ring (bicyclic) bond motifs is 1. The molecule has 0 saturated carbocycles. The van der Waals surface area contributed by atoms with E-state index in [0.29, 0.717) is 11.3 Å². The maximum Gasteiger partial charge on any atom is 0.358 e. The van der Waals surface area contributed by atoms with Gasteiger partial charge in [-0.2, -0.15) is 0 Å². The van der Waals surface area contributed by atoms with E-state index in [0.717, 1.165) is 5.56 Å². The van der Waals surface area contributed by atoms with Gasteiger partial charge in [-0.1, -0.05) is 6.07 Å². The first-order chi connectivity index (χ1) is 8.95. The number of benzene rings is 1. The minimum atomic E-state index is -0.599. The Morgan fingerprint density at radius 2 is 2.00 bits per heavy atom. The lowest BCUT2D eigenvalue weighted by Gasteiger charge is -2.16. The number of Topliss-reactive ketones (excluding diaryl/α,β-unsaturated/α-hetero) is 1. The van der Waals surface area contributed by atoms with Gasteiger partial charge in [-0.05, 0) is 24.6 Å². The average Bonchev–Trinajstić information content (AvgIpc) is 2.66. The fourth-order valence-corrected chi connectivity index (χ4v) is 1.91. The number of ketones is 1. The number of likely N-dealkylation sites (N-methyl/N-ethyl adjacent to an activating group) is 1. The molecule has 5 nitrogen and oxygen atoms in total. The van der Waals surface area contributed by atoms with Crippen LogP contribution in [-0.2, 0) is 9.53 Å². The Balaban J connectivity index is 2.54. The molecule has 100 valence electrons. The van der Waals surface area contributed by atoms with Gasteiger partial charge in [0, 0.05) is 14.1 Å². The third-order valence-electron chi connectivity index (χ3n) is 2.84. The van der Waals surface area contributed by atoms with Gasteiger partial charge in [0.25, 0.3) is 0 Å². The predicted octanol–water partition coefficient (Wildman–Crippen LogP) is 1.52. The number of allylic oxidation sites excluding steroid dienone is 1. The van der Waals surface area contributed by atoms with Gasteiger partial charge < -0.3 is 14.4 Å². The highest BCUT2D eigenvalue weighted by atomic mass is 16.5. The monoisotopic (exact) mass is 261 g/mol. The first kappa shape index (κ1) is 13.1. The highest BCUT2D eigenvalue weighted by Gasteiger charge is 2.34. The molecule has 0 bridgehead atoms. The zero-order chi connectivity index (χ0) is 14.2. The van der Waals surface area contributed by atoms with Crippen molar-refractivity contribution in [2.45, 2.75) is 6.92 Å². The lowest BCUT2D eigenvalue weighted by molar-refractivity contribution is -0.137. The van der Waals surface area contributed by atoms with Gasteiger partial charge in [0.1, 0.15) is 5.75 Å². The normalized spacial score (nSPS) is 15.7. The van der Waals surface area contributed by atoms with E-state index in [1.807, 2.05) is 13.0 Å². The maximum atomic E-state index is 12.3. The first-order valence-electron chi connectivity index (χ1n) is 5.78. The van der Waals surface area contributed by atoms with Crippen LogP contribution in [0.2, 0.25) is 0 Å². The summed E-state index contributed by atoms with van der Waals surface area (Å²) in [5, 5.41) is 0. The molecule has 1 aliphatic heterocycles. The van der Waals surface area contributed by atoms with Crippen molar-refractivity contribution in [3.05, 3.63) is 40.8 Å². The maximum absolute atomic E-state index is 12.3. The summed E-state index contributed by atoms with van der Waals surface area (Å²) < 4.78 is 10.2. The average molecular weight is 261 g/mol. The standard InChI is InChI=1S/C14H15NO4/c1-8-5-6-9-10(7-8)19-13(12(9)16)11(15(2)3)14(17)18-4/h5-7H,1-4H3. The van der Waals surface area contributed by atoms with Gasteiger partial charge in [0.15, 0.2) is 5.70 Å². The number of carbonyl (C=O) groups is 2. The van der Waals surface area contributed by atoms with Gasteiger partial charge in [0.05, 0.1) is 12.7 Å². The number of ether oxygens (including phenoxy) is 2. The minimum absolute atomic E-state index is 0.0115. The number of rotatable bonds is 2. The molecule has 0 N–H and O–H groups in total. The molecular weight excluding hydrogens is 246 g/mol. The smallest absolute Gasteiger partial charge is 0.358 e. The molecule has 0 saturated heterocycles. The summed E-state index contributed by atoms with van der Waals surface area (Å²) in [6.45, 7) is 1.91. The van der Waals surface area contributed by atoms with Crippen molar-refractivity contribution < 1.29 is 19.1 Å². The Labute approximate surface area is 111 Å². The van der Waals surface area contributed by atoms with E-state index in [9.17, 15) is 9.59 Å². The van der Waals surface area contributed by atoms with E-state index in [1.165, 1.54) is 12.0 Å². The van der Waals surface area contributed by atoms with Crippen LogP contribution < -0.4 is 4.74 Å². The Kier molecular flexibility index (Phi) is 3.29. The van der Waals surface area contributed by atoms with E-state index in [2.05, 4.69) is 4.74 Å². The summed E-state index contributed by atoms with van der Waals surface area (Å²) in [6.07, 6.45) is 0. The van der Waals surface area contributed by atoms with Crippen molar-refractivity contribution in [1.82, 2.24) is 4.90 Å². The molecule has 0 fully saturated rings. The third kappa shape index (κ3) is 2.19. The number of esters is 1. The lowest BCUT2D eigenvalue weighted by Crippen LogP contribution is -2.25. The number of nitrogens with zero attached hydrogens (tertiary/aromatic N) is 1. The molecule has 0 aromatic heterocycles. The molecule has 2 rings (SSSR count). The van der Waals surface area contributed by atoms with E-state index >= 15 is 0 Å². The van der Waals surface area contributed by atoms with Crippen LogP contribution in [0.1, 0.15) is 15.9 Å². The van der Waals surface area contributed by atoms with E-state index in [1.54, 1.807) is 26.2 Å². The highest BCUT2D eigenvalue weighted by Crippen LogP contribution is 2.33.